The Balaban J connectivity index is 1.82. The molecule has 0 atom stereocenters. The quantitative estimate of drug-likeness (QED) is 0.457. The van der Waals surface area contributed by atoms with E-state index in [0.29, 0.717) is 30.4 Å². The van der Waals surface area contributed by atoms with Gasteiger partial charge in [-0.3, -0.25) is 4.79 Å². The van der Waals surface area contributed by atoms with Gasteiger partial charge in [0, 0.05) is 19.5 Å². The van der Waals surface area contributed by atoms with Crippen molar-refractivity contribution >= 4 is 17.7 Å². The number of rotatable bonds is 11. The smallest absolute Gasteiger partial charge is 0.224 e. The molecule has 2 aromatic rings. The molecule has 0 unspecified atom stereocenters. The number of benzene rings is 1. The summed E-state index contributed by atoms with van der Waals surface area (Å²) in [6.07, 6.45) is 3.93. The Hall–Kier alpha value is -2.22. The molecule has 0 aliphatic carbocycles. The number of aromatic nitrogens is 3. The SMILES string of the molecule is COc1ccc(CC(=O)NCCCc2nnc(SC)n2CC(C)C)cc1OC. The summed E-state index contributed by atoms with van der Waals surface area (Å²) < 4.78 is 12.7. The highest BCUT2D eigenvalue weighted by Crippen LogP contribution is 2.27. The Labute approximate surface area is 171 Å². The molecule has 0 aliphatic rings. The number of carbonyl (C=O) groups excluding carboxylic acids is 1. The van der Waals surface area contributed by atoms with E-state index in [-0.39, 0.29) is 5.91 Å². The standard InChI is InChI=1S/C20H30N4O3S/c1-14(2)13-24-18(22-23-20(24)28-5)7-6-10-21-19(25)12-15-8-9-16(26-3)17(11-15)27-4/h8-9,11,14H,6-7,10,12-13H2,1-5H3,(H,21,25). The zero-order valence-electron chi connectivity index (χ0n) is 17.3. The molecular formula is C20H30N4O3S. The maximum atomic E-state index is 12.2. The molecule has 28 heavy (non-hydrogen) atoms. The van der Waals surface area contributed by atoms with Crippen LogP contribution in [0.25, 0.3) is 0 Å². The average Bonchev–Trinajstić information content (AvgIpc) is 3.06. The number of ether oxygens (including phenoxy) is 2. The summed E-state index contributed by atoms with van der Waals surface area (Å²) in [6, 6.07) is 5.52. The second-order valence-electron chi connectivity index (χ2n) is 6.93. The van der Waals surface area contributed by atoms with E-state index in [4.69, 9.17) is 9.47 Å². The van der Waals surface area contributed by atoms with Gasteiger partial charge in [-0.15, -0.1) is 10.2 Å². The highest BCUT2D eigenvalue weighted by atomic mass is 32.2. The van der Waals surface area contributed by atoms with Gasteiger partial charge in [0.1, 0.15) is 5.82 Å². The van der Waals surface area contributed by atoms with Crippen molar-refractivity contribution in [3.8, 4) is 11.5 Å². The topological polar surface area (TPSA) is 78.3 Å². The minimum absolute atomic E-state index is 0.0133. The molecule has 1 amide bonds. The highest BCUT2D eigenvalue weighted by molar-refractivity contribution is 7.98. The van der Waals surface area contributed by atoms with Crippen molar-refractivity contribution in [3.05, 3.63) is 29.6 Å². The van der Waals surface area contributed by atoms with Gasteiger partial charge in [0.15, 0.2) is 16.7 Å². The second-order valence-corrected chi connectivity index (χ2v) is 7.70. The van der Waals surface area contributed by atoms with Crippen LogP contribution in [0.3, 0.4) is 0 Å². The summed E-state index contributed by atoms with van der Waals surface area (Å²) in [6.45, 7) is 5.88. The van der Waals surface area contributed by atoms with E-state index in [1.54, 1.807) is 26.0 Å². The minimum atomic E-state index is -0.0133. The van der Waals surface area contributed by atoms with Gasteiger partial charge in [0.25, 0.3) is 0 Å². The lowest BCUT2D eigenvalue weighted by molar-refractivity contribution is -0.120. The van der Waals surface area contributed by atoms with Crippen LogP contribution in [0.2, 0.25) is 0 Å². The molecular weight excluding hydrogens is 376 g/mol. The van der Waals surface area contributed by atoms with Crippen molar-refractivity contribution in [1.82, 2.24) is 20.1 Å². The van der Waals surface area contributed by atoms with E-state index < -0.39 is 0 Å². The van der Waals surface area contributed by atoms with Crippen LogP contribution in [-0.2, 0) is 24.2 Å². The lowest BCUT2D eigenvalue weighted by Crippen LogP contribution is -2.26. The minimum Gasteiger partial charge on any atom is -0.493 e. The molecule has 1 aromatic heterocycles. The molecule has 154 valence electrons. The van der Waals surface area contributed by atoms with E-state index in [9.17, 15) is 4.79 Å². The fourth-order valence-electron chi connectivity index (χ4n) is 2.92. The molecule has 8 heteroatoms. The molecule has 0 saturated carbocycles. The molecule has 2 rings (SSSR count). The van der Waals surface area contributed by atoms with E-state index in [0.717, 1.165) is 35.9 Å². The van der Waals surface area contributed by atoms with Crippen molar-refractivity contribution in [2.45, 2.75) is 44.8 Å². The van der Waals surface area contributed by atoms with Gasteiger partial charge < -0.3 is 19.4 Å². The molecule has 1 aromatic carbocycles. The van der Waals surface area contributed by atoms with E-state index >= 15 is 0 Å². The van der Waals surface area contributed by atoms with Gasteiger partial charge >= 0.3 is 0 Å². The zero-order valence-corrected chi connectivity index (χ0v) is 18.1. The van der Waals surface area contributed by atoms with Crippen molar-refractivity contribution < 1.29 is 14.3 Å². The first-order chi connectivity index (χ1) is 13.5. The molecule has 0 saturated heterocycles. The van der Waals surface area contributed by atoms with Crippen LogP contribution in [0.5, 0.6) is 11.5 Å². The van der Waals surface area contributed by atoms with Crippen LogP contribution in [0.4, 0.5) is 0 Å². The molecule has 0 fully saturated rings. The summed E-state index contributed by atoms with van der Waals surface area (Å²) in [5.41, 5.74) is 0.886. The molecule has 0 bridgehead atoms. The molecule has 1 heterocycles. The lowest BCUT2D eigenvalue weighted by Gasteiger charge is -2.12. The Kier molecular flexibility index (Phi) is 8.63. The Morgan fingerprint density at radius 1 is 1.21 bits per heavy atom. The number of hydrogen-bond acceptors (Lipinski definition) is 6. The maximum Gasteiger partial charge on any atom is 0.224 e. The summed E-state index contributed by atoms with van der Waals surface area (Å²) >= 11 is 1.61. The lowest BCUT2D eigenvalue weighted by atomic mass is 10.1. The summed E-state index contributed by atoms with van der Waals surface area (Å²) in [7, 11) is 3.18. The van der Waals surface area contributed by atoms with Gasteiger partial charge in [0.2, 0.25) is 5.91 Å². The van der Waals surface area contributed by atoms with E-state index in [1.807, 2.05) is 24.5 Å². The number of amides is 1. The predicted molar refractivity (Wildman–Crippen MR) is 111 cm³/mol. The summed E-state index contributed by atoms with van der Waals surface area (Å²) in [5.74, 6) is 2.78. The van der Waals surface area contributed by atoms with Crippen LogP contribution >= 0.6 is 11.8 Å². The van der Waals surface area contributed by atoms with Gasteiger partial charge in [-0.2, -0.15) is 0 Å². The first kappa shape index (κ1) is 22.1. The Morgan fingerprint density at radius 2 is 1.96 bits per heavy atom. The summed E-state index contributed by atoms with van der Waals surface area (Å²) in [4.78, 5) is 12.2. The van der Waals surface area contributed by atoms with E-state index in [2.05, 4.69) is 33.9 Å². The number of carbonyl (C=O) groups is 1. The summed E-state index contributed by atoms with van der Waals surface area (Å²) in [5, 5.41) is 12.5. The average molecular weight is 407 g/mol. The number of hydrogen-bond donors (Lipinski definition) is 1. The predicted octanol–water partition coefficient (Wildman–Crippen LogP) is 2.96. The van der Waals surface area contributed by atoms with Crippen LogP contribution in [0.15, 0.2) is 23.4 Å². The normalized spacial score (nSPS) is 10.9. The number of nitrogens with one attached hydrogen (secondary N) is 1. The van der Waals surface area contributed by atoms with Gasteiger partial charge in [-0.1, -0.05) is 31.7 Å². The van der Waals surface area contributed by atoms with Crippen LogP contribution in [0.1, 0.15) is 31.7 Å². The molecule has 1 N–H and O–H groups in total. The zero-order chi connectivity index (χ0) is 20.5. The molecule has 0 radical (unpaired) electrons. The third-order valence-electron chi connectivity index (χ3n) is 4.24. The molecule has 7 nitrogen and oxygen atoms in total. The van der Waals surface area contributed by atoms with Crippen molar-refractivity contribution in [1.29, 1.82) is 0 Å². The van der Waals surface area contributed by atoms with Crippen molar-refractivity contribution in [2.24, 2.45) is 5.92 Å². The fraction of sp³-hybridized carbons (Fsp3) is 0.550. The monoisotopic (exact) mass is 406 g/mol. The number of thioether (sulfide) groups is 1. The Morgan fingerprint density at radius 3 is 2.61 bits per heavy atom. The highest BCUT2D eigenvalue weighted by Gasteiger charge is 2.13. The van der Waals surface area contributed by atoms with Crippen LogP contribution in [-0.4, -0.2) is 47.7 Å². The molecule has 0 aliphatic heterocycles. The fourth-order valence-corrected chi connectivity index (χ4v) is 3.44. The number of methoxy groups -OCH3 is 2. The van der Waals surface area contributed by atoms with Crippen LogP contribution in [0, 0.1) is 5.92 Å². The van der Waals surface area contributed by atoms with Crippen LogP contribution < -0.4 is 14.8 Å². The van der Waals surface area contributed by atoms with Gasteiger partial charge in [-0.05, 0) is 36.3 Å². The first-order valence-electron chi connectivity index (χ1n) is 9.42. The third kappa shape index (κ3) is 6.15. The maximum absolute atomic E-state index is 12.2. The largest absolute Gasteiger partial charge is 0.493 e. The van der Waals surface area contributed by atoms with Crippen molar-refractivity contribution in [2.75, 3.05) is 27.0 Å². The van der Waals surface area contributed by atoms with Crippen molar-refractivity contribution in [3.63, 3.8) is 0 Å². The molecule has 0 spiro atoms. The first-order valence-corrected chi connectivity index (χ1v) is 10.6. The van der Waals surface area contributed by atoms with E-state index in [1.165, 1.54) is 0 Å². The second kappa shape index (κ2) is 10.9. The Bertz CT molecular complexity index is 777. The van der Waals surface area contributed by atoms with Gasteiger partial charge in [0.05, 0.1) is 20.6 Å². The number of nitrogens with zero attached hydrogens (tertiary/aromatic N) is 3. The van der Waals surface area contributed by atoms with Gasteiger partial charge in [-0.25, -0.2) is 0 Å². The third-order valence-corrected chi connectivity index (χ3v) is 4.90. The number of aryl methyl sites for hydroxylation is 1.